The summed E-state index contributed by atoms with van der Waals surface area (Å²) in [7, 11) is -6.19. The van der Waals surface area contributed by atoms with Crippen LogP contribution in [0.2, 0.25) is 23.2 Å². The Hall–Kier alpha value is -2.37. The number of aryl methyl sites for hydroxylation is 1. The second-order valence-electron chi connectivity index (χ2n) is 14.7. The van der Waals surface area contributed by atoms with Gasteiger partial charge < -0.3 is 14.1 Å². The van der Waals surface area contributed by atoms with Gasteiger partial charge in [0.1, 0.15) is 12.4 Å². The highest BCUT2D eigenvalue weighted by Gasteiger charge is 2.44. The van der Waals surface area contributed by atoms with Crippen LogP contribution in [-0.4, -0.2) is 47.9 Å². The van der Waals surface area contributed by atoms with Crippen molar-refractivity contribution in [2.24, 2.45) is 11.8 Å². The van der Waals surface area contributed by atoms with Crippen LogP contribution in [-0.2, 0) is 27.7 Å². The van der Waals surface area contributed by atoms with E-state index in [1.807, 2.05) is 24.3 Å². The molecule has 252 valence electrons. The lowest BCUT2D eigenvalue weighted by atomic mass is 9.70. The summed E-state index contributed by atoms with van der Waals surface area (Å²) in [5, 5.41) is 0.775. The number of nitrogens with one attached hydrogen (secondary N) is 2. The molecule has 0 spiro atoms. The SMILES string of the molecule is C[C@H]1C/C=C/C(O[Si](C)(C)C(C)(C)C)[C@@H]2CC[C@H]2CN2CCCCc3cc(Cl)ccc3COc3ccc(cc32)C(=O)NS(=O)(=O)N1. The Bertz CT molecular complexity index is 1560. The molecule has 0 aromatic heterocycles. The summed E-state index contributed by atoms with van der Waals surface area (Å²) in [5.41, 5.74) is 3.35. The fourth-order valence-corrected chi connectivity index (χ4v) is 8.87. The Balaban J connectivity index is 1.54. The highest BCUT2D eigenvalue weighted by Crippen LogP contribution is 2.45. The Morgan fingerprint density at radius 3 is 2.57 bits per heavy atom. The van der Waals surface area contributed by atoms with Crippen LogP contribution in [0, 0.1) is 11.8 Å². The molecule has 11 heteroatoms. The first kappa shape index (κ1) is 34.9. The van der Waals surface area contributed by atoms with Crippen LogP contribution in [0.1, 0.15) is 81.3 Å². The third kappa shape index (κ3) is 8.37. The highest BCUT2D eigenvalue weighted by molar-refractivity contribution is 7.88. The number of hydrogen-bond acceptors (Lipinski definition) is 6. The van der Waals surface area contributed by atoms with Crippen LogP contribution < -0.4 is 19.1 Å². The molecule has 2 N–H and O–H groups in total. The third-order valence-electron chi connectivity index (χ3n) is 10.2. The lowest BCUT2D eigenvalue weighted by molar-refractivity contribution is 0.0530. The lowest BCUT2D eigenvalue weighted by Gasteiger charge is -2.47. The van der Waals surface area contributed by atoms with Crippen LogP contribution in [0.15, 0.2) is 48.6 Å². The van der Waals surface area contributed by atoms with Crippen molar-refractivity contribution >= 4 is 41.7 Å². The van der Waals surface area contributed by atoms with E-state index in [-0.39, 0.29) is 16.7 Å². The van der Waals surface area contributed by atoms with Gasteiger partial charge in [0.15, 0.2) is 8.32 Å². The standard InChI is InChI=1S/C35H50ClN3O5SSi/c1-24-10-9-12-32(44-46(5,6)35(2,3)4)30-17-14-27(30)22-39-19-8-7-11-25-20-29(36)16-13-28(25)23-43-33-18-15-26(21-31(33)39)34(40)38-45(41,42)37-24/h9,12-13,15-16,18,20-21,24,27,30,32,37H,7-8,10-11,14,17,19,22-23H2,1-6H3,(H,38,40)/b12-9+/t24-,27-,30+,32?/m0/s1. The van der Waals surface area contributed by atoms with Gasteiger partial charge >= 0.3 is 10.2 Å². The van der Waals surface area contributed by atoms with E-state index >= 15 is 0 Å². The Kier molecular flexibility index (Phi) is 10.6. The molecule has 3 aliphatic rings. The molecule has 8 nitrogen and oxygen atoms in total. The summed E-state index contributed by atoms with van der Waals surface area (Å²) in [6.07, 6.45) is 9.64. The molecule has 0 saturated heterocycles. The van der Waals surface area contributed by atoms with Gasteiger partial charge in [-0.15, -0.1) is 0 Å². The minimum absolute atomic E-state index is 0.0544. The van der Waals surface area contributed by atoms with Gasteiger partial charge in [0.25, 0.3) is 5.91 Å². The van der Waals surface area contributed by atoms with Crippen molar-refractivity contribution in [3.8, 4) is 5.75 Å². The van der Waals surface area contributed by atoms with Crippen molar-refractivity contribution in [3.63, 3.8) is 0 Å². The summed E-state index contributed by atoms with van der Waals surface area (Å²) in [4.78, 5) is 15.6. The Labute approximate surface area is 281 Å². The molecule has 1 fully saturated rings. The van der Waals surface area contributed by atoms with Crippen LogP contribution >= 0.6 is 11.6 Å². The molecule has 2 aromatic rings. The second kappa shape index (κ2) is 14.0. The summed E-state index contributed by atoms with van der Waals surface area (Å²) in [6, 6.07) is 10.7. The fraction of sp³-hybridized carbons (Fsp3) is 0.571. The van der Waals surface area contributed by atoms with Gasteiger partial charge in [-0.25, -0.2) is 4.72 Å². The summed E-state index contributed by atoms with van der Waals surface area (Å²) in [6.45, 7) is 15.1. The third-order valence-corrected chi connectivity index (χ3v) is 16.1. The molecule has 2 heterocycles. The van der Waals surface area contributed by atoms with E-state index in [2.05, 4.69) is 54.3 Å². The van der Waals surface area contributed by atoms with Gasteiger partial charge in [-0.1, -0.05) is 50.6 Å². The predicted octanol–water partition coefficient (Wildman–Crippen LogP) is 7.39. The minimum atomic E-state index is -4.09. The van der Waals surface area contributed by atoms with E-state index in [1.54, 1.807) is 25.1 Å². The number of carbonyl (C=O) groups is 1. The van der Waals surface area contributed by atoms with Crippen LogP contribution in [0.3, 0.4) is 0 Å². The monoisotopic (exact) mass is 687 g/mol. The molecule has 2 aliphatic heterocycles. The van der Waals surface area contributed by atoms with Crippen molar-refractivity contribution in [3.05, 3.63) is 70.3 Å². The maximum atomic E-state index is 13.3. The maximum absolute atomic E-state index is 13.3. The van der Waals surface area contributed by atoms with Gasteiger partial charge in [-0.2, -0.15) is 13.1 Å². The number of fused-ring (bicyclic) bond motifs is 3. The Morgan fingerprint density at radius 2 is 1.85 bits per heavy atom. The summed E-state index contributed by atoms with van der Waals surface area (Å²) < 4.78 is 44.3. The molecule has 5 rings (SSSR count). The summed E-state index contributed by atoms with van der Waals surface area (Å²) in [5.74, 6) is 0.726. The van der Waals surface area contributed by atoms with E-state index in [0.717, 1.165) is 56.4 Å². The van der Waals surface area contributed by atoms with Crippen molar-refractivity contribution < 1.29 is 22.4 Å². The number of carbonyl (C=O) groups excluding carboxylic acids is 1. The van der Waals surface area contributed by atoms with Crippen LogP contribution in [0.5, 0.6) is 5.75 Å². The van der Waals surface area contributed by atoms with E-state index in [4.69, 9.17) is 20.8 Å². The van der Waals surface area contributed by atoms with Crippen molar-refractivity contribution in [2.75, 3.05) is 18.0 Å². The number of ether oxygens (including phenoxy) is 1. The van der Waals surface area contributed by atoms with Gasteiger partial charge in [-0.3, -0.25) is 4.79 Å². The molecule has 1 saturated carbocycles. The second-order valence-corrected chi connectivity index (χ2v) is 21.4. The lowest BCUT2D eigenvalue weighted by Crippen LogP contribution is -2.50. The first-order valence-electron chi connectivity index (χ1n) is 16.6. The predicted molar refractivity (Wildman–Crippen MR) is 188 cm³/mol. The molecular formula is C35H50ClN3O5SSi. The van der Waals surface area contributed by atoms with Gasteiger partial charge in [0.2, 0.25) is 0 Å². The van der Waals surface area contributed by atoms with E-state index < -0.39 is 30.5 Å². The molecule has 46 heavy (non-hydrogen) atoms. The van der Waals surface area contributed by atoms with Gasteiger partial charge in [0.05, 0.1) is 11.8 Å². The van der Waals surface area contributed by atoms with E-state index in [0.29, 0.717) is 35.6 Å². The Morgan fingerprint density at radius 1 is 1.07 bits per heavy atom. The van der Waals surface area contributed by atoms with E-state index in [9.17, 15) is 13.2 Å². The fourth-order valence-electron chi connectivity index (χ4n) is 6.34. The number of benzene rings is 2. The number of halogens is 1. The van der Waals surface area contributed by atoms with Crippen molar-refractivity contribution in [1.82, 2.24) is 9.44 Å². The van der Waals surface area contributed by atoms with Gasteiger partial charge in [0, 0.05) is 29.7 Å². The number of nitrogens with zero attached hydrogens (tertiary/aromatic N) is 1. The molecule has 1 amide bonds. The van der Waals surface area contributed by atoms with Crippen LogP contribution in [0.25, 0.3) is 0 Å². The zero-order valence-corrected chi connectivity index (χ0v) is 30.6. The number of rotatable bonds is 2. The molecule has 1 aliphatic carbocycles. The van der Waals surface area contributed by atoms with Crippen molar-refractivity contribution in [2.45, 2.75) is 103 Å². The van der Waals surface area contributed by atoms with Crippen molar-refractivity contribution in [1.29, 1.82) is 0 Å². The molecule has 1 unspecified atom stereocenters. The molecule has 0 radical (unpaired) electrons. The maximum Gasteiger partial charge on any atom is 0.301 e. The molecule has 2 bridgehead atoms. The minimum Gasteiger partial charge on any atom is -0.487 e. The largest absolute Gasteiger partial charge is 0.487 e. The number of anilines is 1. The zero-order valence-electron chi connectivity index (χ0n) is 28.1. The topological polar surface area (TPSA) is 97.0 Å². The van der Waals surface area contributed by atoms with Gasteiger partial charge in [-0.05, 0) is 117 Å². The average Bonchev–Trinajstić information content (AvgIpc) is 2.96. The smallest absolute Gasteiger partial charge is 0.301 e. The first-order valence-corrected chi connectivity index (χ1v) is 21.4. The van der Waals surface area contributed by atoms with E-state index in [1.165, 1.54) is 5.56 Å². The average molecular weight is 688 g/mol. The highest BCUT2D eigenvalue weighted by atomic mass is 35.5. The first-order chi connectivity index (χ1) is 21.6. The molecule has 4 atom stereocenters. The number of amides is 1. The quantitative estimate of drug-likeness (QED) is 0.253. The van der Waals surface area contributed by atoms with Crippen LogP contribution in [0.4, 0.5) is 5.69 Å². The molecule has 2 aromatic carbocycles. The normalized spacial score (nSPS) is 26.7. The number of hydrogen-bond donors (Lipinski definition) is 2. The zero-order chi connectivity index (χ0) is 33.3. The molecular weight excluding hydrogens is 638 g/mol. The summed E-state index contributed by atoms with van der Waals surface area (Å²) >= 11 is 6.35.